The molecule has 0 aliphatic heterocycles. The lowest BCUT2D eigenvalue weighted by Crippen LogP contribution is -2.31. The number of nitrogens with one attached hydrogen (secondary N) is 2. The summed E-state index contributed by atoms with van der Waals surface area (Å²) < 4.78 is 41.2. The van der Waals surface area contributed by atoms with E-state index in [2.05, 4.69) is 15.6 Å². The summed E-state index contributed by atoms with van der Waals surface area (Å²) in [5.41, 5.74) is 0.894. The average molecular weight is 485 g/mol. The van der Waals surface area contributed by atoms with Crippen molar-refractivity contribution in [2.75, 3.05) is 23.7 Å². The summed E-state index contributed by atoms with van der Waals surface area (Å²) in [6, 6.07) is 12.7. The molecular weight excluding hydrogens is 459 g/mol. The van der Waals surface area contributed by atoms with E-state index in [1.54, 1.807) is 39.0 Å². The zero-order chi connectivity index (χ0) is 24.9. The van der Waals surface area contributed by atoms with Gasteiger partial charge < -0.3 is 10.6 Å². The minimum Gasteiger partial charge on any atom is -0.320 e. The Hall–Kier alpha value is -3.63. The number of hydrogen-bond donors (Lipinski definition) is 2. The van der Waals surface area contributed by atoms with Crippen LogP contribution in [-0.2, 0) is 10.0 Å². The summed E-state index contributed by atoms with van der Waals surface area (Å²) in [4.78, 5) is 29.4. The van der Waals surface area contributed by atoms with Crippen LogP contribution in [0.5, 0.6) is 0 Å². The molecule has 1 aromatic heterocycles. The van der Waals surface area contributed by atoms with Crippen molar-refractivity contribution in [3.05, 3.63) is 83.4 Å². The molecule has 34 heavy (non-hydrogen) atoms. The molecule has 0 atom stereocenters. The number of amides is 2. The Morgan fingerprint density at radius 3 is 2.29 bits per heavy atom. The molecule has 0 spiro atoms. The Kier molecular flexibility index (Phi) is 7.75. The van der Waals surface area contributed by atoms with E-state index in [4.69, 9.17) is 0 Å². The van der Waals surface area contributed by atoms with E-state index in [0.717, 1.165) is 12.1 Å². The fourth-order valence-corrected chi connectivity index (χ4v) is 5.04. The number of pyridine rings is 1. The number of nitrogens with zero attached hydrogens (tertiary/aromatic N) is 2. The molecule has 0 saturated carbocycles. The largest absolute Gasteiger partial charge is 0.320 e. The summed E-state index contributed by atoms with van der Waals surface area (Å²) in [6.45, 7) is 5.69. The second-order valence-corrected chi connectivity index (χ2v) is 9.29. The molecule has 0 saturated heterocycles. The number of halogens is 1. The monoisotopic (exact) mass is 484 g/mol. The van der Waals surface area contributed by atoms with Gasteiger partial charge >= 0.3 is 0 Å². The Bertz CT molecular complexity index is 1310. The second kappa shape index (κ2) is 10.5. The average Bonchev–Trinajstić information content (AvgIpc) is 2.82. The number of rotatable bonds is 8. The van der Waals surface area contributed by atoms with Crippen LogP contribution in [0, 0.1) is 12.7 Å². The van der Waals surface area contributed by atoms with Gasteiger partial charge in [0, 0.05) is 24.8 Å². The maximum atomic E-state index is 13.9. The zero-order valence-electron chi connectivity index (χ0n) is 19.0. The van der Waals surface area contributed by atoms with Crippen molar-refractivity contribution >= 4 is 33.2 Å². The van der Waals surface area contributed by atoms with Crippen LogP contribution in [0.2, 0.25) is 0 Å². The summed E-state index contributed by atoms with van der Waals surface area (Å²) in [6.07, 6.45) is 1.46. The molecule has 178 valence electrons. The Morgan fingerprint density at radius 1 is 0.941 bits per heavy atom. The van der Waals surface area contributed by atoms with Crippen molar-refractivity contribution in [1.29, 1.82) is 0 Å². The Labute approximate surface area is 197 Å². The minimum atomic E-state index is -3.79. The molecule has 0 bridgehead atoms. The fourth-order valence-electron chi connectivity index (χ4n) is 3.33. The SMILES string of the molecule is CCN(CC)S(=O)(=O)c1cc(C(=O)Nc2cc(F)ccc2NC(=O)c2ccccn2)ccc1C. The third kappa shape index (κ3) is 5.46. The number of benzene rings is 2. The highest BCUT2D eigenvalue weighted by Gasteiger charge is 2.25. The topological polar surface area (TPSA) is 108 Å². The van der Waals surface area contributed by atoms with Crippen LogP contribution < -0.4 is 10.6 Å². The molecule has 1 heterocycles. The maximum absolute atomic E-state index is 13.9. The summed E-state index contributed by atoms with van der Waals surface area (Å²) in [5, 5.41) is 5.16. The number of aryl methyl sites for hydroxylation is 1. The van der Waals surface area contributed by atoms with Gasteiger partial charge in [-0.25, -0.2) is 12.8 Å². The van der Waals surface area contributed by atoms with Crippen molar-refractivity contribution in [3.8, 4) is 0 Å². The molecule has 2 N–H and O–H groups in total. The number of carbonyl (C=O) groups excluding carboxylic acids is 2. The van der Waals surface area contributed by atoms with Crippen LogP contribution in [0.15, 0.2) is 65.7 Å². The molecule has 3 aromatic rings. The van der Waals surface area contributed by atoms with Crippen molar-refractivity contribution in [2.24, 2.45) is 0 Å². The molecule has 0 aliphatic rings. The highest BCUT2D eigenvalue weighted by Crippen LogP contribution is 2.26. The van der Waals surface area contributed by atoms with E-state index < -0.39 is 27.7 Å². The normalized spacial score (nSPS) is 11.3. The standard InChI is InChI=1S/C24H25FN4O4S/c1-4-29(5-2)34(32,33)22-14-17(10-9-16(22)3)23(30)28-21-15-18(25)11-12-19(21)27-24(31)20-8-6-7-13-26-20/h6-15H,4-5H2,1-3H3,(H,27,31)(H,28,30). The highest BCUT2D eigenvalue weighted by molar-refractivity contribution is 7.89. The van der Waals surface area contributed by atoms with Crippen molar-refractivity contribution in [2.45, 2.75) is 25.7 Å². The molecule has 0 aliphatic carbocycles. The molecular formula is C24H25FN4O4S. The van der Waals surface area contributed by atoms with Crippen LogP contribution in [0.4, 0.5) is 15.8 Å². The van der Waals surface area contributed by atoms with Gasteiger partial charge in [-0.15, -0.1) is 0 Å². The second-order valence-electron chi connectivity index (χ2n) is 7.38. The van der Waals surface area contributed by atoms with Crippen LogP contribution >= 0.6 is 0 Å². The van der Waals surface area contributed by atoms with Crippen LogP contribution in [0.25, 0.3) is 0 Å². The predicted molar refractivity (Wildman–Crippen MR) is 128 cm³/mol. The van der Waals surface area contributed by atoms with Gasteiger partial charge in [-0.05, 0) is 55.0 Å². The molecule has 2 aromatic carbocycles. The number of sulfonamides is 1. The van der Waals surface area contributed by atoms with E-state index in [1.807, 2.05) is 0 Å². The van der Waals surface area contributed by atoms with E-state index in [1.165, 1.54) is 34.8 Å². The van der Waals surface area contributed by atoms with Gasteiger partial charge in [0.15, 0.2) is 0 Å². The zero-order valence-corrected chi connectivity index (χ0v) is 19.8. The van der Waals surface area contributed by atoms with Crippen LogP contribution in [0.1, 0.15) is 40.3 Å². The fraction of sp³-hybridized carbons (Fsp3) is 0.208. The minimum absolute atomic E-state index is 0.0167. The number of anilines is 2. The smallest absolute Gasteiger partial charge is 0.274 e. The Balaban J connectivity index is 1.90. The molecule has 10 heteroatoms. The van der Waals surface area contributed by atoms with Gasteiger partial charge in [-0.1, -0.05) is 26.0 Å². The first kappa shape index (κ1) is 25.0. The lowest BCUT2D eigenvalue weighted by atomic mass is 10.1. The summed E-state index contributed by atoms with van der Waals surface area (Å²) in [5.74, 6) is -1.82. The molecule has 2 amide bonds. The molecule has 0 unspecified atom stereocenters. The first-order chi connectivity index (χ1) is 16.2. The first-order valence-electron chi connectivity index (χ1n) is 10.6. The third-order valence-corrected chi connectivity index (χ3v) is 7.34. The number of carbonyl (C=O) groups is 2. The molecule has 8 nitrogen and oxygen atoms in total. The van der Waals surface area contributed by atoms with Gasteiger partial charge in [0.05, 0.1) is 16.3 Å². The molecule has 0 fully saturated rings. The van der Waals surface area contributed by atoms with Gasteiger partial charge in [-0.3, -0.25) is 14.6 Å². The predicted octanol–water partition coefficient (Wildman–Crippen LogP) is 4.06. The van der Waals surface area contributed by atoms with Gasteiger partial charge in [0.1, 0.15) is 11.5 Å². The van der Waals surface area contributed by atoms with E-state index in [0.29, 0.717) is 5.56 Å². The lowest BCUT2D eigenvalue weighted by molar-refractivity contribution is 0.101. The van der Waals surface area contributed by atoms with Gasteiger partial charge in [0.2, 0.25) is 10.0 Å². The number of aromatic nitrogens is 1. The maximum Gasteiger partial charge on any atom is 0.274 e. The summed E-state index contributed by atoms with van der Waals surface area (Å²) in [7, 11) is -3.79. The van der Waals surface area contributed by atoms with E-state index in [9.17, 15) is 22.4 Å². The van der Waals surface area contributed by atoms with Gasteiger partial charge in [0.25, 0.3) is 11.8 Å². The van der Waals surface area contributed by atoms with E-state index >= 15 is 0 Å². The lowest BCUT2D eigenvalue weighted by Gasteiger charge is -2.20. The van der Waals surface area contributed by atoms with Crippen LogP contribution in [-0.4, -0.2) is 42.6 Å². The molecule has 0 radical (unpaired) electrons. The van der Waals surface area contributed by atoms with E-state index in [-0.39, 0.29) is 40.6 Å². The highest BCUT2D eigenvalue weighted by atomic mass is 32.2. The first-order valence-corrected chi connectivity index (χ1v) is 12.1. The van der Waals surface area contributed by atoms with Crippen molar-refractivity contribution < 1.29 is 22.4 Å². The Morgan fingerprint density at radius 2 is 1.65 bits per heavy atom. The third-order valence-electron chi connectivity index (χ3n) is 5.15. The molecule has 3 rings (SSSR count). The van der Waals surface area contributed by atoms with Crippen molar-refractivity contribution in [1.82, 2.24) is 9.29 Å². The van der Waals surface area contributed by atoms with Gasteiger partial charge in [-0.2, -0.15) is 4.31 Å². The quantitative estimate of drug-likeness (QED) is 0.501. The number of hydrogen-bond acceptors (Lipinski definition) is 5. The summed E-state index contributed by atoms with van der Waals surface area (Å²) >= 11 is 0. The van der Waals surface area contributed by atoms with Crippen molar-refractivity contribution in [3.63, 3.8) is 0 Å². The van der Waals surface area contributed by atoms with Crippen LogP contribution in [0.3, 0.4) is 0 Å².